The predicted molar refractivity (Wildman–Crippen MR) is 73.7 cm³/mol. The molecule has 0 saturated carbocycles. The Bertz CT molecular complexity index is 378. The van der Waals surface area contributed by atoms with Crippen molar-refractivity contribution < 1.29 is 9.53 Å². The standard InChI is InChI=1S/C14H20ClNO2/c1-4-18-14(17)9-10(2)16-11(3)12-5-7-13(15)8-6-12/h5-8,10-11,16H,4,9H2,1-3H3/t10?,11-/m1/s1. The van der Waals surface area contributed by atoms with E-state index >= 15 is 0 Å². The van der Waals surface area contributed by atoms with Gasteiger partial charge in [-0.05, 0) is 38.5 Å². The van der Waals surface area contributed by atoms with Crippen molar-refractivity contribution in [3.05, 3.63) is 34.9 Å². The van der Waals surface area contributed by atoms with Gasteiger partial charge in [-0.1, -0.05) is 23.7 Å². The smallest absolute Gasteiger partial charge is 0.307 e. The minimum Gasteiger partial charge on any atom is -0.466 e. The third-order valence-corrected chi connectivity index (χ3v) is 2.93. The highest BCUT2D eigenvalue weighted by Crippen LogP contribution is 2.16. The number of benzene rings is 1. The summed E-state index contributed by atoms with van der Waals surface area (Å²) < 4.78 is 4.92. The fourth-order valence-corrected chi connectivity index (χ4v) is 1.93. The molecule has 0 aliphatic carbocycles. The second kappa shape index (κ2) is 7.39. The number of hydrogen-bond acceptors (Lipinski definition) is 3. The summed E-state index contributed by atoms with van der Waals surface area (Å²) in [5.41, 5.74) is 1.15. The summed E-state index contributed by atoms with van der Waals surface area (Å²) in [6.45, 7) is 6.28. The van der Waals surface area contributed by atoms with Gasteiger partial charge in [0.1, 0.15) is 0 Å². The zero-order valence-corrected chi connectivity index (χ0v) is 11.8. The number of nitrogens with one attached hydrogen (secondary N) is 1. The van der Waals surface area contributed by atoms with E-state index in [9.17, 15) is 4.79 Å². The summed E-state index contributed by atoms with van der Waals surface area (Å²) in [5.74, 6) is -0.166. The number of ether oxygens (including phenoxy) is 1. The molecular formula is C14H20ClNO2. The molecule has 3 nitrogen and oxygen atoms in total. The van der Waals surface area contributed by atoms with Crippen LogP contribution >= 0.6 is 11.6 Å². The lowest BCUT2D eigenvalue weighted by Crippen LogP contribution is -2.31. The third kappa shape index (κ3) is 5.07. The lowest BCUT2D eigenvalue weighted by Gasteiger charge is -2.19. The zero-order valence-electron chi connectivity index (χ0n) is 11.1. The second-order valence-electron chi connectivity index (χ2n) is 4.35. The first-order chi connectivity index (χ1) is 8.52. The molecular weight excluding hydrogens is 250 g/mol. The average Bonchev–Trinajstić information content (AvgIpc) is 2.29. The largest absolute Gasteiger partial charge is 0.466 e. The van der Waals surface area contributed by atoms with Crippen LogP contribution in [-0.2, 0) is 9.53 Å². The minimum atomic E-state index is -0.166. The molecule has 0 fully saturated rings. The van der Waals surface area contributed by atoms with Crippen molar-refractivity contribution in [2.45, 2.75) is 39.3 Å². The number of carbonyl (C=O) groups excluding carboxylic acids is 1. The van der Waals surface area contributed by atoms with Gasteiger partial charge in [-0.15, -0.1) is 0 Å². The molecule has 18 heavy (non-hydrogen) atoms. The molecule has 1 aromatic rings. The highest BCUT2D eigenvalue weighted by Gasteiger charge is 2.13. The van der Waals surface area contributed by atoms with E-state index in [-0.39, 0.29) is 18.1 Å². The first kappa shape index (κ1) is 15.0. The van der Waals surface area contributed by atoms with Crippen molar-refractivity contribution in [3.8, 4) is 0 Å². The normalized spacial score (nSPS) is 14.0. The van der Waals surface area contributed by atoms with Crippen LogP contribution in [0.4, 0.5) is 0 Å². The van der Waals surface area contributed by atoms with Gasteiger partial charge in [-0.25, -0.2) is 0 Å². The van der Waals surface area contributed by atoms with Gasteiger partial charge in [0.25, 0.3) is 0 Å². The maximum atomic E-state index is 11.3. The molecule has 0 bridgehead atoms. The Labute approximate surface area is 113 Å². The number of hydrogen-bond donors (Lipinski definition) is 1. The fourth-order valence-electron chi connectivity index (χ4n) is 1.80. The number of halogens is 1. The Morgan fingerprint density at radius 2 is 1.94 bits per heavy atom. The summed E-state index contributed by atoms with van der Waals surface area (Å²) in [7, 11) is 0. The Hall–Kier alpha value is -1.06. The topological polar surface area (TPSA) is 38.3 Å². The monoisotopic (exact) mass is 269 g/mol. The Kier molecular flexibility index (Phi) is 6.16. The highest BCUT2D eigenvalue weighted by molar-refractivity contribution is 6.30. The Morgan fingerprint density at radius 1 is 1.33 bits per heavy atom. The molecule has 1 rings (SSSR count). The van der Waals surface area contributed by atoms with E-state index in [4.69, 9.17) is 16.3 Å². The van der Waals surface area contributed by atoms with E-state index in [1.165, 1.54) is 0 Å². The SMILES string of the molecule is CCOC(=O)CC(C)N[C@H](C)c1ccc(Cl)cc1. The van der Waals surface area contributed by atoms with Gasteiger partial charge in [-0.2, -0.15) is 0 Å². The Morgan fingerprint density at radius 3 is 2.50 bits per heavy atom. The molecule has 1 unspecified atom stereocenters. The van der Waals surface area contributed by atoms with E-state index in [1.54, 1.807) is 0 Å². The molecule has 4 heteroatoms. The summed E-state index contributed by atoms with van der Waals surface area (Å²) >= 11 is 5.84. The van der Waals surface area contributed by atoms with Crippen LogP contribution < -0.4 is 5.32 Å². The van der Waals surface area contributed by atoms with Gasteiger partial charge in [0.05, 0.1) is 13.0 Å². The lowest BCUT2D eigenvalue weighted by molar-refractivity contribution is -0.143. The molecule has 0 amide bonds. The number of esters is 1. The van der Waals surface area contributed by atoms with E-state index in [1.807, 2.05) is 38.1 Å². The number of carbonyl (C=O) groups is 1. The van der Waals surface area contributed by atoms with Crippen molar-refractivity contribution >= 4 is 17.6 Å². The average molecular weight is 270 g/mol. The molecule has 0 aliphatic rings. The van der Waals surface area contributed by atoms with Gasteiger partial charge < -0.3 is 10.1 Å². The van der Waals surface area contributed by atoms with Crippen molar-refractivity contribution in [3.63, 3.8) is 0 Å². The van der Waals surface area contributed by atoms with Crippen LogP contribution in [0.5, 0.6) is 0 Å². The summed E-state index contributed by atoms with van der Waals surface area (Å²) in [6.07, 6.45) is 0.381. The molecule has 0 aromatic heterocycles. The van der Waals surface area contributed by atoms with Gasteiger partial charge in [-0.3, -0.25) is 4.79 Å². The minimum absolute atomic E-state index is 0.0785. The van der Waals surface area contributed by atoms with Gasteiger partial charge in [0, 0.05) is 17.1 Å². The molecule has 1 aromatic carbocycles. The van der Waals surface area contributed by atoms with E-state index in [0.717, 1.165) is 10.6 Å². The maximum absolute atomic E-state index is 11.3. The summed E-state index contributed by atoms with van der Waals surface area (Å²) in [5, 5.41) is 4.09. The van der Waals surface area contributed by atoms with Gasteiger partial charge in [0.2, 0.25) is 0 Å². The van der Waals surface area contributed by atoms with Crippen LogP contribution in [0.3, 0.4) is 0 Å². The molecule has 100 valence electrons. The highest BCUT2D eigenvalue weighted by atomic mass is 35.5. The first-order valence-electron chi connectivity index (χ1n) is 6.20. The maximum Gasteiger partial charge on any atom is 0.307 e. The van der Waals surface area contributed by atoms with E-state index in [0.29, 0.717) is 13.0 Å². The zero-order chi connectivity index (χ0) is 13.5. The van der Waals surface area contributed by atoms with Crippen molar-refractivity contribution in [2.24, 2.45) is 0 Å². The predicted octanol–water partition coefficient (Wildman–Crippen LogP) is 3.33. The second-order valence-corrected chi connectivity index (χ2v) is 4.79. The quantitative estimate of drug-likeness (QED) is 0.805. The third-order valence-electron chi connectivity index (χ3n) is 2.68. The first-order valence-corrected chi connectivity index (χ1v) is 6.57. The van der Waals surface area contributed by atoms with Crippen molar-refractivity contribution in [2.75, 3.05) is 6.61 Å². The molecule has 0 heterocycles. The molecule has 1 N–H and O–H groups in total. The van der Waals surface area contributed by atoms with Crippen LogP contribution in [0, 0.1) is 0 Å². The van der Waals surface area contributed by atoms with Crippen LogP contribution in [0.2, 0.25) is 5.02 Å². The molecule has 0 radical (unpaired) electrons. The van der Waals surface area contributed by atoms with Crippen LogP contribution in [-0.4, -0.2) is 18.6 Å². The molecule has 0 spiro atoms. The lowest BCUT2D eigenvalue weighted by atomic mass is 10.1. The van der Waals surface area contributed by atoms with Gasteiger partial charge in [0.15, 0.2) is 0 Å². The van der Waals surface area contributed by atoms with E-state index < -0.39 is 0 Å². The molecule has 2 atom stereocenters. The van der Waals surface area contributed by atoms with Crippen LogP contribution in [0.1, 0.15) is 38.8 Å². The Balaban J connectivity index is 2.46. The van der Waals surface area contributed by atoms with Gasteiger partial charge >= 0.3 is 5.97 Å². The summed E-state index contributed by atoms with van der Waals surface area (Å²) in [4.78, 5) is 11.3. The molecule has 0 saturated heterocycles. The van der Waals surface area contributed by atoms with Crippen LogP contribution in [0.15, 0.2) is 24.3 Å². The molecule has 0 aliphatic heterocycles. The summed E-state index contributed by atoms with van der Waals surface area (Å²) in [6, 6.07) is 7.95. The number of rotatable bonds is 6. The van der Waals surface area contributed by atoms with Crippen molar-refractivity contribution in [1.82, 2.24) is 5.32 Å². The fraction of sp³-hybridized carbons (Fsp3) is 0.500. The van der Waals surface area contributed by atoms with Crippen LogP contribution in [0.25, 0.3) is 0 Å². The van der Waals surface area contributed by atoms with E-state index in [2.05, 4.69) is 12.2 Å². The van der Waals surface area contributed by atoms with Crippen molar-refractivity contribution in [1.29, 1.82) is 0 Å².